The summed E-state index contributed by atoms with van der Waals surface area (Å²) in [6, 6.07) is 23.2. The molecule has 0 heterocycles. The van der Waals surface area contributed by atoms with Crippen LogP contribution in [0.3, 0.4) is 0 Å². The van der Waals surface area contributed by atoms with Crippen molar-refractivity contribution in [3.05, 3.63) is 83.9 Å². The van der Waals surface area contributed by atoms with Crippen molar-refractivity contribution in [2.45, 2.75) is 6.92 Å². The van der Waals surface area contributed by atoms with Gasteiger partial charge in [0.15, 0.2) is 0 Å². The number of amides is 1. The van der Waals surface area contributed by atoms with Gasteiger partial charge in [0, 0.05) is 16.8 Å². The predicted octanol–water partition coefficient (Wildman–Crippen LogP) is 4.92. The highest BCUT2D eigenvalue weighted by molar-refractivity contribution is 6.06. The molecule has 0 aromatic heterocycles. The highest BCUT2D eigenvalue weighted by atomic mass is 16.5. The second kappa shape index (κ2) is 7.01. The molecule has 3 rings (SSSR count). The Morgan fingerprint density at radius 1 is 0.917 bits per heavy atom. The third kappa shape index (κ3) is 3.46. The number of anilines is 1. The molecule has 0 bridgehead atoms. The number of hydrogen-bond donors (Lipinski definition) is 1. The smallest absolute Gasteiger partial charge is 0.255 e. The molecule has 3 heteroatoms. The standard InChI is InChI=1S/C21H19NO2/c1-15-11-12-20(19(13-15)16-7-4-3-5-8-16)22-21(23)17-9-6-10-18(14-17)24-2/h3-14H,1-2H3,(H,22,23). The van der Waals surface area contributed by atoms with E-state index in [0.29, 0.717) is 11.3 Å². The van der Waals surface area contributed by atoms with Gasteiger partial charge in [0.05, 0.1) is 7.11 Å². The van der Waals surface area contributed by atoms with Gasteiger partial charge >= 0.3 is 0 Å². The van der Waals surface area contributed by atoms with Crippen LogP contribution in [0.15, 0.2) is 72.8 Å². The van der Waals surface area contributed by atoms with Gasteiger partial charge in [-0.1, -0.05) is 48.0 Å². The van der Waals surface area contributed by atoms with Gasteiger partial charge < -0.3 is 10.1 Å². The molecule has 1 N–H and O–H groups in total. The number of benzene rings is 3. The van der Waals surface area contributed by atoms with Gasteiger partial charge in [-0.3, -0.25) is 4.79 Å². The van der Waals surface area contributed by atoms with Crippen molar-refractivity contribution < 1.29 is 9.53 Å². The quantitative estimate of drug-likeness (QED) is 0.741. The van der Waals surface area contributed by atoms with E-state index in [9.17, 15) is 4.79 Å². The average Bonchev–Trinajstić information content (AvgIpc) is 2.64. The maximum atomic E-state index is 12.6. The van der Waals surface area contributed by atoms with Crippen LogP contribution in [0.25, 0.3) is 11.1 Å². The first kappa shape index (κ1) is 15.8. The van der Waals surface area contributed by atoms with Crippen LogP contribution in [0.2, 0.25) is 0 Å². The monoisotopic (exact) mass is 317 g/mol. The predicted molar refractivity (Wildman–Crippen MR) is 97.6 cm³/mol. The third-order valence-corrected chi connectivity index (χ3v) is 3.84. The fourth-order valence-electron chi connectivity index (χ4n) is 2.58. The van der Waals surface area contributed by atoms with E-state index in [1.54, 1.807) is 25.3 Å². The van der Waals surface area contributed by atoms with Crippen molar-refractivity contribution in [2.24, 2.45) is 0 Å². The van der Waals surface area contributed by atoms with Crippen molar-refractivity contribution in [1.29, 1.82) is 0 Å². The number of rotatable bonds is 4. The van der Waals surface area contributed by atoms with Gasteiger partial charge in [-0.05, 0) is 42.8 Å². The summed E-state index contributed by atoms with van der Waals surface area (Å²) in [5.41, 5.74) is 4.58. The number of ether oxygens (including phenoxy) is 1. The molecule has 0 fully saturated rings. The zero-order chi connectivity index (χ0) is 16.9. The molecular weight excluding hydrogens is 298 g/mol. The van der Waals surface area contributed by atoms with Gasteiger partial charge in [-0.25, -0.2) is 0 Å². The zero-order valence-electron chi connectivity index (χ0n) is 13.7. The Bertz CT molecular complexity index is 857. The summed E-state index contributed by atoms with van der Waals surface area (Å²) in [5.74, 6) is 0.504. The molecule has 120 valence electrons. The summed E-state index contributed by atoms with van der Waals surface area (Å²) in [6.07, 6.45) is 0. The Labute approximate surface area is 141 Å². The van der Waals surface area contributed by atoms with Crippen LogP contribution >= 0.6 is 0 Å². The number of carbonyl (C=O) groups is 1. The number of aryl methyl sites for hydroxylation is 1. The van der Waals surface area contributed by atoms with E-state index in [-0.39, 0.29) is 5.91 Å². The molecule has 0 radical (unpaired) electrons. The Hall–Kier alpha value is -3.07. The largest absolute Gasteiger partial charge is 0.497 e. The number of carbonyl (C=O) groups excluding carboxylic acids is 1. The maximum absolute atomic E-state index is 12.6. The molecule has 0 unspecified atom stereocenters. The molecular formula is C21H19NO2. The summed E-state index contributed by atoms with van der Waals surface area (Å²) >= 11 is 0. The van der Waals surface area contributed by atoms with E-state index < -0.39 is 0 Å². The molecule has 0 spiro atoms. The summed E-state index contributed by atoms with van der Waals surface area (Å²) < 4.78 is 5.18. The topological polar surface area (TPSA) is 38.3 Å². The highest BCUT2D eigenvalue weighted by Crippen LogP contribution is 2.29. The zero-order valence-corrected chi connectivity index (χ0v) is 13.7. The van der Waals surface area contributed by atoms with Gasteiger partial charge in [-0.2, -0.15) is 0 Å². The molecule has 0 aliphatic carbocycles. The number of hydrogen-bond acceptors (Lipinski definition) is 2. The van der Waals surface area contributed by atoms with Crippen LogP contribution < -0.4 is 10.1 Å². The maximum Gasteiger partial charge on any atom is 0.255 e. The van der Waals surface area contributed by atoms with E-state index in [1.165, 1.54) is 0 Å². The van der Waals surface area contributed by atoms with Gasteiger partial charge in [0.2, 0.25) is 0 Å². The molecule has 1 amide bonds. The van der Waals surface area contributed by atoms with Crippen molar-refractivity contribution in [3.63, 3.8) is 0 Å². The average molecular weight is 317 g/mol. The Balaban J connectivity index is 1.94. The third-order valence-electron chi connectivity index (χ3n) is 3.84. The first-order valence-electron chi connectivity index (χ1n) is 7.79. The van der Waals surface area contributed by atoms with Gasteiger partial charge in [0.25, 0.3) is 5.91 Å². The van der Waals surface area contributed by atoms with Crippen molar-refractivity contribution >= 4 is 11.6 Å². The first-order chi connectivity index (χ1) is 11.7. The molecule has 3 nitrogen and oxygen atoms in total. The SMILES string of the molecule is COc1cccc(C(=O)Nc2ccc(C)cc2-c2ccccc2)c1. The minimum absolute atomic E-state index is 0.157. The molecule has 0 aliphatic rings. The van der Waals surface area contributed by atoms with Crippen LogP contribution in [-0.4, -0.2) is 13.0 Å². The lowest BCUT2D eigenvalue weighted by Gasteiger charge is -2.13. The normalized spacial score (nSPS) is 10.2. The molecule has 0 aliphatic heterocycles. The summed E-state index contributed by atoms with van der Waals surface area (Å²) in [7, 11) is 1.59. The van der Waals surface area contributed by atoms with Crippen LogP contribution in [-0.2, 0) is 0 Å². The van der Waals surface area contributed by atoms with Gasteiger partial charge in [-0.15, -0.1) is 0 Å². The fourth-order valence-corrected chi connectivity index (χ4v) is 2.58. The summed E-state index contributed by atoms with van der Waals surface area (Å²) in [6.45, 7) is 2.04. The first-order valence-corrected chi connectivity index (χ1v) is 7.79. The fraction of sp³-hybridized carbons (Fsp3) is 0.0952. The van der Waals surface area contributed by atoms with E-state index >= 15 is 0 Å². The Morgan fingerprint density at radius 3 is 2.46 bits per heavy atom. The van der Waals surface area contributed by atoms with E-state index in [1.807, 2.05) is 55.5 Å². The van der Waals surface area contributed by atoms with Crippen LogP contribution in [0.1, 0.15) is 15.9 Å². The van der Waals surface area contributed by atoms with Crippen LogP contribution in [0, 0.1) is 6.92 Å². The van der Waals surface area contributed by atoms with Crippen molar-refractivity contribution in [3.8, 4) is 16.9 Å². The summed E-state index contributed by atoms with van der Waals surface area (Å²) in [5, 5.41) is 3.01. The lowest BCUT2D eigenvalue weighted by Crippen LogP contribution is -2.12. The van der Waals surface area contributed by atoms with Crippen LogP contribution in [0.5, 0.6) is 5.75 Å². The minimum Gasteiger partial charge on any atom is -0.497 e. The lowest BCUT2D eigenvalue weighted by atomic mass is 10.0. The van der Waals surface area contributed by atoms with Gasteiger partial charge in [0.1, 0.15) is 5.75 Å². The molecule has 0 saturated heterocycles. The molecule has 0 atom stereocenters. The molecule has 24 heavy (non-hydrogen) atoms. The molecule has 3 aromatic rings. The second-order valence-corrected chi connectivity index (χ2v) is 5.60. The lowest BCUT2D eigenvalue weighted by molar-refractivity contribution is 0.102. The van der Waals surface area contributed by atoms with E-state index in [2.05, 4.69) is 11.4 Å². The van der Waals surface area contributed by atoms with Crippen LogP contribution in [0.4, 0.5) is 5.69 Å². The molecule has 0 saturated carbocycles. The van der Waals surface area contributed by atoms with E-state index in [0.717, 1.165) is 22.4 Å². The Kier molecular flexibility index (Phi) is 4.62. The highest BCUT2D eigenvalue weighted by Gasteiger charge is 2.11. The second-order valence-electron chi connectivity index (χ2n) is 5.60. The van der Waals surface area contributed by atoms with Crippen molar-refractivity contribution in [2.75, 3.05) is 12.4 Å². The molecule has 3 aromatic carbocycles. The number of nitrogens with one attached hydrogen (secondary N) is 1. The minimum atomic E-state index is -0.157. The number of methoxy groups -OCH3 is 1. The van der Waals surface area contributed by atoms with Crippen molar-refractivity contribution in [1.82, 2.24) is 0 Å². The Morgan fingerprint density at radius 2 is 1.71 bits per heavy atom. The van der Waals surface area contributed by atoms with E-state index in [4.69, 9.17) is 4.74 Å². The summed E-state index contributed by atoms with van der Waals surface area (Å²) in [4.78, 5) is 12.6.